The second-order valence-electron chi connectivity index (χ2n) is 7.15. The number of rotatable bonds is 7. The van der Waals surface area contributed by atoms with Gasteiger partial charge >= 0.3 is 0 Å². The Bertz CT molecular complexity index is 1040. The van der Waals surface area contributed by atoms with E-state index in [1.54, 1.807) is 0 Å². The van der Waals surface area contributed by atoms with E-state index in [0.717, 1.165) is 50.9 Å². The lowest BCUT2D eigenvalue weighted by Gasteiger charge is -2.28. The van der Waals surface area contributed by atoms with Gasteiger partial charge in [-0.25, -0.2) is 8.42 Å². The standard InChI is InChI=1S/C20H23N3O5S/c1-29(27,28)19-12-17(11-18(13-19)23(25)26)20(24)21-8-4-9-22-10-7-15-5-2-3-6-16(15)14-22/h2-3,5-6,11-13H,4,7-10,14H2,1H3,(H,21,24). The number of hydrogen-bond donors (Lipinski definition) is 1. The fourth-order valence-corrected chi connectivity index (χ4v) is 4.06. The first-order valence-electron chi connectivity index (χ1n) is 9.31. The van der Waals surface area contributed by atoms with E-state index < -0.39 is 26.4 Å². The SMILES string of the molecule is CS(=O)(=O)c1cc(C(=O)NCCCN2CCc3ccccc3C2)cc([N+](=O)[O-])c1. The van der Waals surface area contributed by atoms with Gasteiger partial charge in [0.15, 0.2) is 9.84 Å². The summed E-state index contributed by atoms with van der Waals surface area (Å²) in [6, 6.07) is 11.6. The third-order valence-corrected chi connectivity index (χ3v) is 6.03. The Morgan fingerprint density at radius 3 is 2.62 bits per heavy atom. The van der Waals surface area contributed by atoms with Gasteiger partial charge in [-0.05, 0) is 30.0 Å². The van der Waals surface area contributed by atoms with E-state index in [2.05, 4.69) is 22.3 Å². The lowest BCUT2D eigenvalue weighted by atomic mass is 10.00. The van der Waals surface area contributed by atoms with Gasteiger partial charge in [-0.3, -0.25) is 19.8 Å². The monoisotopic (exact) mass is 417 g/mol. The molecule has 154 valence electrons. The molecular weight excluding hydrogens is 394 g/mol. The van der Waals surface area contributed by atoms with E-state index in [1.807, 2.05) is 12.1 Å². The van der Waals surface area contributed by atoms with Crippen molar-refractivity contribution >= 4 is 21.4 Å². The minimum absolute atomic E-state index is 0.0356. The van der Waals surface area contributed by atoms with Gasteiger partial charge in [0.25, 0.3) is 11.6 Å². The van der Waals surface area contributed by atoms with E-state index in [1.165, 1.54) is 17.2 Å². The van der Waals surface area contributed by atoms with E-state index in [-0.39, 0.29) is 10.5 Å². The van der Waals surface area contributed by atoms with Crippen molar-refractivity contribution < 1.29 is 18.1 Å². The number of nitro benzene ring substituents is 1. The summed E-state index contributed by atoms with van der Waals surface area (Å²) in [6.07, 6.45) is 2.68. The molecule has 0 atom stereocenters. The average molecular weight is 417 g/mol. The topological polar surface area (TPSA) is 110 Å². The molecule has 0 unspecified atom stereocenters. The van der Waals surface area contributed by atoms with E-state index in [4.69, 9.17) is 0 Å². The highest BCUT2D eigenvalue weighted by atomic mass is 32.2. The summed E-state index contributed by atoms with van der Waals surface area (Å²) in [5.74, 6) is -0.525. The Hall–Kier alpha value is -2.78. The molecule has 0 saturated heterocycles. The maximum Gasteiger partial charge on any atom is 0.271 e. The number of nitro groups is 1. The van der Waals surface area contributed by atoms with Gasteiger partial charge in [0.1, 0.15) is 0 Å². The largest absolute Gasteiger partial charge is 0.352 e. The van der Waals surface area contributed by atoms with Crippen LogP contribution in [0.1, 0.15) is 27.9 Å². The number of hydrogen-bond acceptors (Lipinski definition) is 6. The molecule has 1 aliphatic rings. The zero-order chi connectivity index (χ0) is 21.0. The minimum atomic E-state index is -3.67. The summed E-state index contributed by atoms with van der Waals surface area (Å²) in [5, 5.41) is 13.8. The number of carbonyl (C=O) groups excluding carboxylic acids is 1. The normalized spacial score (nSPS) is 14.2. The van der Waals surface area contributed by atoms with Gasteiger partial charge in [0.05, 0.1) is 9.82 Å². The van der Waals surface area contributed by atoms with Crippen molar-refractivity contribution in [2.24, 2.45) is 0 Å². The fourth-order valence-electron chi connectivity index (χ4n) is 3.39. The number of nitrogens with one attached hydrogen (secondary N) is 1. The summed E-state index contributed by atoms with van der Waals surface area (Å²) in [4.78, 5) is 24.8. The summed E-state index contributed by atoms with van der Waals surface area (Å²) >= 11 is 0. The fraction of sp³-hybridized carbons (Fsp3) is 0.350. The van der Waals surface area contributed by atoms with Crippen LogP contribution in [0, 0.1) is 10.1 Å². The van der Waals surface area contributed by atoms with Gasteiger partial charge in [-0.2, -0.15) is 0 Å². The molecule has 1 N–H and O–H groups in total. The molecule has 0 spiro atoms. The van der Waals surface area contributed by atoms with Gasteiger partial charge < -0.3 is 5.32 Å². The zero-order valence-electron chi connectivity index (χ0n) is 16.1. The molecule has 1 amide bonds. The van der Waals surface area contributed by atoms with Crippen LogP contribution in [-0.2, 0) is 22.8 Å². The lowest BCUT2D eigenvalue weighted by molar-refractivity contribution is -0.385. The Labute approximate surface area is 169 Å². The highest BCUT2D eigenvalue weighted by molar-refractivity contribution is 7.90. The number of sulfone groups is 1. The zero-order valence-corrected chi connectivity index (χ0v) is 16.9. The molecule has 0 aliphatic carbocycles. The summed E-state index contributed by atoms with van der Waals surface area (Å²) in [5.41, 5.74) is 2.24. The number of amides is 1. The smallest absolute Gasteiger partial charge is 0.271 e. The Balaban J connectivity index is 1.56. The van der Waals surface area contributed by atoms with Gasteiger partial charge in [0, 0.05) is 50.1 Å². The van der Waals surface area contributed by atoms with Gasteiger partial charge in [-0.1, -0.05) is 24.3 Å². The summed E-state index contributed by atoms with van der Waals surface area (Å²) in [7, 11) is -3.67. The van der Waals surface area contributed by atoms with E-state index in [0.29, 0.717) is 6.54 Å². The maximum atomic E-state index is 12.4. The maximum absolute atomic E-state index is 12.4. The number of non-ortho nitro benzene ring substituents is 1. The molecule has 0 radical (unpaired) electrons. The van der Waals surface area contributed by atoms with Crippen molar-refractivity contribution in [1.29, 1.82) is 0 Å². The lowest BCUT2D eigenvalue weighted by Crippen LogP contribution is -2.33. The third kappa shape index (κ3) is 5.39. The molecule has 2 aromatic carbocycles. The first kappa shape index (κ1) is 20.9. The minimum Gasteiger partial charge on any atom is -0.352 e. The summed E-state index contributed by atoms with van der Waals surface area (Å²) < 4.78 is 23.5. The second kappa shape index (κ2) is 8.71. The molecule has 8 nitrogen and oxygen atoms in total. The average Bonchev–Trinajstić information content (AvgIpc) is 2.69. The highest BCUT2D eigenvalue weighted by Gasteiger charge is 2.19. The highest BCUT2D eigenvalue weighted by Crippen LogP contribution is 2.21. The number of fused-ring (bicyclic) bond motifs is 1. The quantitative estimate of drug-likeness (QED) is 0.420. The van der Waals surface area contributed by atoms with E-state index >= 15 is 0 Å². The molecule has 9 heteroatoms. The first-order chi connectivity index (χ1) is 13.7. The van der Waals surface area contributed by atoms with E-state index in [9.17, 15) is 23.3 Å². The number of carbonyl (C=O) groups is 1. The second-order valence-corrected chi connectivity index (χ2v) is 9.16. The van der Waals surface area contributed by atoms with Crippen LogP contribution in [0.4, 0.5) is 5.69 Å². The van der Waals surface area contributed by atoms with Crippen LogP contribution in [0.3, 0.4) is 0 Å². The predicted octanol–water partition coefficient (Wildman–Crippen LogP) is 2.18. The van der Waals surface area contributed by atoms with Crippen LogP contribution in [0.25, 0.3) is 0 Å². The van der Waals surface area contributed by atoms with Crippen molar-refractivity contribution in [3.63, 3.8) is 0 Å². The van der Waals surface area contributed by atoms with Gasteiger partial charge in [0.2, 0.25) is 0 Å². The molecule has 29 heavy (non-hydrogen) atoms. The van der Waals surface area contributed by atoms with Crippen LogP contribution in [0.2, 0.25) is 0 Å². The van der Waals surface area contributed by atoms with Crippen LogP contribution in [0.15, 0.2) is 47.4 Å². The van der Waals surface area contributed by atoms with Crippen LogP contribution >= 0.6 is 0 Å². The Morgan fingerprint density at radius 2 is 1.93 bits per heavy atom. The Kier molecular flexibility index (Phi) is 6.29. The number of nitrogens with zero attached hydrogens (tertiary/aromatic N) is 2. The van der Waals surface area contributed by atoms with Gasteiger partial charge in [-0.15, -0.1) is 0 Å². The molecule has 2 aromatic rings. The van der Waals surface area contributed by atoms with Crippen molar-refractivity contribution in [2.45, 2.75) is 24.3 Å². The molecule has 3 rings (SSSR count). The third-order valence-electron chi connectivity index (χ3n) is 4.94. The van der Waals surface area contributed by atoms with Crippen LogP contribution in [0.5, 0.6) is 0 Å². The van der Waals surface area contributed by atoms with Crippen molar-refractivity contribution in [2.75, 3.05) is 25.9 Å². The molecule has 0 bridgehead atoms. The predicted molar refractivity (Wildman–Crippen MR) is 109 cm³/mol. The molecule has 0 saturated carbocycles. The van der Waals surface area contributed by atoms with Crippen LogP contribution < -0.4 is 5.32 Å². The van der Waals surface area contributed by atoms with Crippen molar-refractivity contribution in [3.8, 4) is 0 Å². The molecule has 1 heterocycles. The Morgan fingerprint density at radius 1 is 1.21 bits per heavy atom. The van der Waals surface area contributed by atoms with Crippen molar-refractivity contribution in [3.05, 3.63) is 69.3 Å². The molecular formula is C20H23N3O5S. The first-order valence-corrected chi connectivity index (χ1v) is 11.2. The molecule has 0 fully saturated rings. The van der Waals surface area contributed by atoms with Crippen LogP contribution in [-0.4, -0.2) is 50.0 Å². The molecule has 0 aromatic heterocycles. The summed E-state index contributed by atoms with van der Waals surface area (Å²) in [6.45, 7) is 3.06. The molecule has 1 aliphatic heterocycles. The van der Waals surface area contributed by atoms with Crippen molar-refractivity contribution in [1.82, 2.24) is 10.2 Å². The number of benzene rings is 2.